The molecule has 0 spiro atoms. The van der Waals surface area contributed by atoms with Crippen molar-refractivity contribution in [2.24, 2.45) is 0 Å². The summed E-state index contributed by atoms with van der Waals surface area (Å²) in [5, 5.41) is 6.04. The molecular formula is C14H19ClF2N2O3S. The van der Waals surface area contributed by atoms with E-state index < -0.39 is 21.3 Å². The molecule has 5 nitrogen and oxygen atoms in total. The van der Waals surface area contributed by atoms with E-state index in [1.54, 1.807) is 0 Å². The van der Waals surface area contributed by atoms with Crippen molar-refractivity contribution in [3.63, 3.8) is 0 Å². The first-order valence-corrected chi connectivity index (χ1v) is 8.70. The molecule has 1 aliphatic rings. The van der Waals surface area contributed by atoms with Crippen molar-refractivity contribution in [3.8, 4) is 0 Å². The Morgan fingerprint density at radius 3 is 2.48 bits per heavy atom. The van der Waals surface area contributed by atoms with E-state index in [-0.39, 0.29) is 29.9 Å². The van der Waals surface area contributed by atoms with Crippen molar-refractivity contribution in [1.82, 2.24) is 10.6 Å². The molecule has 130 valence electrons. The van der Waals surface area contributed by atoms with Gasteiger partial charge in [-0.25, -0.2) is 8.42 Å². The van der Waals surface area contributed by atoms with E-state index in [2.05, 4.69) is 10.6 Å². The number of hydrogen-bond donors (Lipinski definition) is 2. The number of carbonyl (C=O) groups excluding carboxylic acids is 1. The molecule has 1 aliphatic heterocycles. The van der Waals surface area contributed by atoms with Crippen LogP contribution in [0, 0.1) is 0 Å². The van der Waals surface area contributed by atoms with E-state index in [9.17, 15) is 22.0 Å². The third kappa shape index (κ3) is 5.71. The highest BCUT2D eigenvalue weighted by Gasteiger charge is 2.24. The van der Waals surface area contributed by atoms with E-state index in [4.69, 9.17) is 0 Å². The minimum absolute atomic E-state index is 0. The van der Waals surface area contributed by atoms with Crippen molar-refractivity contribution < 1.29 is 22.0 Å². The van der Waals surface area contributed by atoms with Crippen LogP contribution < -0.4 is 10.6 Å². The van der Waals surface area contributed by atoms with Crippen LogP contribution in [0.5, 0.6) is 0 Å². The minimum atomic E-state index is -4.45. The standard InChI is InChI=1S/C14H18F2N2O3S.ClH/c15-14(16)22(20,21)9-10-3-5-11(6-4-10)13(19)18-8-12-2-1-7-17-12;/h3-6,12,14,17H,1-2,7-9H2,(H,18,19);1H. The molecule has 1 heterocycles. The van der Waals surface area contributed by atoms with Gasteiger partial charge in [-0.2, -0.15) is 8.78 Å². The molecule has 0 bridgehead atoms. The predicted molar refractivity (Wildman–Crippen MR) is 85.7 cm³/mol. The maximum Gasteiger partial charge on any atom is 0.337 e. The predicted octanol–water partition coefficient (Wildman–Crippen LogP) is 1.73. The summed E-state index contributed by atoms with van der Waals surface area (Å²) in [6, 6.07) is 5.91. The van der Waals surface area contributed by atoms with Gasteiger partial charge in [0.15, 0.2) is 0 Å². The summed E-state index contributed by atoms with van der Waals surface area (Å²) < 4.78 is 46.9. The highest BCUT2D eigenvalue weighted by atomic mass is 35.5. The van der Waals surface area contributed by atoms with E-state index in [0.717, 1.165) is 19.4 Å². The number of halogens is 3. The van der Waals surface area contributed by atoms with Gasteiger partial charge in [0.05, 0.1) is 5.75 Å². The number of hydrogen-bond acceptors (Lipinski definition) is 4. The van der Waals surface area contributed by atoms with Crippen LogP contribution in [0.1, 0.15) is 28.8 Å². The smallest absolute Gasteiger partial charge is 0.337 e. The molecule has 1 saturated heterocycles. The number of nitrogens with one attached hydrogen (secondary N) is 2. The van der Waals surface area contributed by atoms with Gasteiger partial charge >= 0.3 is 5.76 Å². The Hall–Kier alpha value is -1.25. The molecule has 1 amide bonds. The largest absolute Gasteiger partial charge is 0.350 e. The van der Waals surface area contributed by atoms with Crippen LogP contribution in [0.15, 0.2) is 24.3 Å². The Bertz CT molecular complexity index is 617. The molecule has 1 fully saturated rings. The number of sulfone groups is 1. The Labute approximate surface area is 140 Å². The maximum absolute atomic E-state index is 12.3. The lowest BCUT2D eigenvalue weighted by Gasteiger charge is -2.11. The third-order valence-corrected chi connectivity index (χ3v) is 4.81. The topological polar surface area (TPSA) is 75.3 Å². The molecule has 2 rings (SSSR count). The molecule has 1 atom stereocenters. The van der Waals surface area contributed by atoms with Gasteiger partial charge < -0.3 is 10.6 Å². The van der Waals surface area contributed by atoms with Gasteiger partial charge in [0, 0.05) is 18.2 Å². The monoisotopic (exact) mass is 368 g/mol. The molecule has 1 aromatic rings. The second kappa shape index (κ2) is 8.56. The van der Waals surface area contributed by atoms with Crippen molar-refractivity contribution in [3.05, 3.63) is 35.4 Å². The first kappa shape index (κ1) is 19.8. The highest BCUT2D eigenvalue weighted by molar-refractivity contribution is 7.90. The van der Waals surface area contributed by atoms with Crippen molar-refractivity contribution in [2.75, 3.05) is 13.1 Å². The number of carbonyl (C=O) groups is 1. The third-order valence-electron chi connectivity index (χ3n) is 3.53. The van der Waals surface area contributed by atoms with Crippen LogP contribution in [-0.2, 0) is 15.6 Å². The lowest BCUT2D eigenvalue weighted by atomic mass is 10.1. The molecule has 2 N–H and O–H groups in total. The average molecular weight is 369 g/mol. The van der Waals surface area contributed by atoms with Crippen LogP contribution in [0.4, 0.5) is 8.78 Å². The van der Waals surface area contributed by atoms with Crippen LogP contribution >= 0.6 is 12.4 Å². The van der Waals surface area contributed by atoms with E-state index in [1.807, 2.05) is 0 Å². The van der Waals surface area contributed by atoms with Crippen LogP contribution in [0.2, 0.25) is 0 Å². The fourth-order valence-corrected chi connectivity index (χ4v) is 3.08. The fourth-order valence-electron chi connectivity index (χ4n) is 2.30. The summed E-state index contributed by atoms with van der Waals surface area (Å²) in [6.07, 6.45) is 2.11. The summed E-state index contributed by atoms with van der Waals surface area (Å²) in [6.45, 7) is 1.48. The fraction of sp³-hybridized carbons (Fsp3) is 0.500. The first-order valence-electron chi connectivity index (χ1n) is 6.99. The van der Waals surface area contributed by atoms with Crippen molar-refractivity contribution >= 4 is 28.2 Å². The van der Waals surface area contributed by atoms with Crippen LogP contribution in [0.25, 0.3) is 0 Å². The Kier molecular flexibility index (Phi) is 7.37. The van der Waals surface area contributed by atoms with Crippen LogP contribution in [-0.4, -0.2) is 39.2 Å². The summed E-state index contributed by atoms with van der Waals surface area (Å²) in [4.78, 5) is 11.9. The lowest BCUT2D eigenvalue weighted by molar-refractivity contribution is 0.0950. The molecule has 23 heavy (non-hydrogen) atoms. The summed E-state index contributed by atoms with van der Waals surface area (Å²) in [5.74, 6) is -4.40. The number of alkyl halides is 2. The van der Waals surface area contributed by atoms with Gasteiger partial charge in [0.25, 0.3) is 5.91 Å². The van der Waals surface area contributed by atoms with Crippen molar-refractivity contribution in [2.45, 2.75) is 30.4 Å². The second-order valence-electron chi connectivity index (χ2n) is 5.27. The van der Waals surface area contributed by atoms with Gasteiger partial charge in [-0.3, -0.25) is 4.79 Å². The zero-order valence-electron chi connectivity index (χ0n) is 12.3. The quantitative estimate of drug-likeness (QED) is 0.801. The van der Waals surface area contributed by atoms with Gasteiger partial charge in [0.2, 0.25) is 9.84 Å². The Morgan fingerprint density at radius 2 is 1.96 bits per heavy atom. The van der Waals surface area contributed by atoms with Crippen molar-refractivity contribution in [1.29, 1.82) is 0 Å². The van der Waals surface area contributed by atoms with Crippen LogP contribution in [0.3, 0.4) is 0 Å². The van der Waals surface area contributed by atoms with Gasteiger partial charge in [-0.1, -0.05) is 12.1 Å². The first-order chi connectivity index (χ1) is 10.4. The maximum atomic E-state index is 12.3. The van der Waals surface area contributed by atoms with E-state index in [1.165, 1.54) is 24.3 Å². The lowest BCUT2D eigenvalue weighted by Crippen LogP contribution is -2.37. The van der Waals surface area contributed by atoms with Gasteiger partial charge in [0.1, 0.15) is 0 Å². The summed E-state index contributed by atoms with van der Waals surface area (Å²) in [7, 11) is -4.45. The Balaban J connectivity index is 0.00000264. The molecule has 1 unspecified atom stereocenters. The number of rotatable bonds is 6. The summed E-state index contributed by atoms with van der Waals surface area (Å²) in [5.41, 5.74) is 0.602. The molecule has 0 saturated carbocycles. The van der Waals surface area contributed by atoms with E-state index in [0.29, 0.717) is 12.1 Å². The Morgan fingerprint density at radius 1 is 1.30 bits per heavy atom. The molecular weight excluding hydrogens is 350 g/mol. The average Bonchev–Trinajstić information content (AvgIpc) is 2.98. The highest BCUT2D eigenvalue weighted by Crippen LogP contribution is 2.14. The SMILES string of the molecule is Cl.O=C(NCC1CCCN1)c1ccc(CS(=O)(=O)C(F)F)cc1. The minimum Gasteiger partial charge on any atom is -0.350 e. The zero-order valence-corrected chi connectivity index (χ0v) is 13.9. The summed E-state index contributed by atoms with van der Waals surface area (Å²) >= 11 is 0. The number of amides is 1. The molecule has 0 radical (unpaired) electrons. The number of benzene rings is 1. The molecule has 0 aromatic heterocycles. The molecule has 9 heteroatoms. The van der Waals surface area contributed by atoms with Gasteiger partial charge in [-0.15, -0.1) is 12.4 Å². The molecule has 1 aromatic carbocycles. The second-order valence-corrected chi connectivity index (χ2v) is 7.24. The zero-order chi connectivity index (χ0) is 16.2. The van der Waals surface area contributed by atoms with Gasteiger partial charge in [-0.05, 0) is 37.1 Å². The molecule has 0 aliphatic carbocycles. The van der Waals surface area contributed by atoms with E-state index >= 15 is 0 Å². The normalized spacial score (nSPS) is 17.8.